The minimum atomic E-state index is -0.429. The zero-order valence-corrected chi connectivity index (χ0v) is 6.00. The standard InChI is InChI=1S/C8H9N2O/c9-5-6-1-3-7(4-2-6)8(10)11/h1-4,9H,5H2,(H2,10,11). The van der Waals surface area contributed by atoms with E-state index in [9.17, 15) is 4.79 Å². The van der Waals surface area contributed by atoms with E-state index in [1.807, 2.05) is 0 Å². The second-order valence-corrected chi connectivity index (χ2v) is 2.24. The number of benzene rings is 1. The maximum atomic E-state index is 10.6. The molecular weight excluding hydrogens is 140 g/mol. The van der Waals surface area contributed by atoms with Crippen LogP contribution in [0.25, 0.3) is 0 Å². The summed E-state index contributed by atoms with van der Waals surface area (Å²) in [5.41, 5.74) is 13.4. The number of amides is 1. The molecule has 3 nitrogen and oxygen atoms in total. The molecule has 0 aliphatic rings. The average Bonchev–Trinajstić information content (AvgIpc) is 2.05. The van der Waals surface area contributed by atoms with E-state index in [4.69, 9.17) is 11.5 Å². The monoisotopic (exact) mass is 149 g/mol. The highest BCUT2D eigenvalue weighted by Crippen LogP contribution is 2.02. The summed E-state index contributed by atoms with van der Waals surface area (Å²) < 4.78 is 0. The summed E-state index contributed by atoms with van der Waals surface area (Å²) in [6.45, 7) is 0.235. The van der Waals surface area contributed by atoms with Crippen LogP contribution >= 0.6 is 0 Å². The Kier molecular flexibility index (Phi) is 2.23. The van der Waals surface area contributed by atoms with Gasteiger partial charge in [0.2, 0.25) is 5.91 Å². The Bertz CT molecular complexity index is 253. The van der Waals surface area contributed by atoms with Crippen molar-refractivity contribution in [3.05, 3.63) is 35.4 Å². The predicted molar refractivity (Wildman–Crippen MR) is 41.8 cm³/mol. The summed E-state index contributed by atoms with van der Waals surface area (Å²) in [5, 5.41) is 0. The third kappa shape index (κ3) is 1.78. The molecule has 0 aliphatic carbocycles. The summed E-state index contributed by atoms with van der Waals surface area (Å²) >= 11 is 0. The van der Waals surface area contributed by atoms with Gasteiger partial charge in [-0.05, 0) is 17.7 Å². The molecule has 1 amide bonds. The Morgan fingerprint density at radius 3 is 2.27 bits per heavy atom. The van der Waals surface area contributed by atoms with Gasteiger partial charge < -0.3 is 5.73 Å². The van der Waals surface area contributed by atoms with Crippen molar-refractivity contribution in [2.45, 2.75) is 6.54 Å². The fourth-order valence-corrected chi connectivity index (χ4v) is 0.787. The van der Waals surface area contributed by atoms with Gasteiger partial charge in [-0.1, -0.05) is 12.1 Å². The summed E-state index contributed by atoms with van der Waals surface area (Å²) in [5.74, 6) is -0.429. The van der Waals surface area contributed by atoms with Crippen LogP contribution in [0.15, 0.2) is 24.3 Å². The zero-order valence-electron chi connectivity index (χ0n) is 6.00. The molecular formula is C8H9N2O. The van der Waals surface area contributed by atoms with Crippen LogP contribution in [0, 0.1) is 0 Å². The number of nitrogens with two attached hydrogens (primary N) is 1. The molecule has 0 spiro atoms. The minimum Gasteiger partial charge on any atom is -0.366 e. The highest BCUT2D eigenvalue weighted by Gasteiger charge is 1.97. The normalized spacial score (nSPS) is 9.55. The molecule has 0 heterocycles. The lowest BCUT2D eigenvalue weighted by atomic mass is 10.1. The number of hydrogen-bond acceptors (Lipinski definition) is 1. The van der Waals surface area contributed by atoms with Gasteiger partial charge in [0.1, 0.15) is 0 Å². The molecule has 0 saturated carbocycles. The van der Waals surface area contributed by atoms with Crippen molar-refractivity contribution in [2.24, 2.45) is 5.73 Å². The second kappa shape index (κ2) is 3.16. The molecule has 0 aromatic heterocycles. The second-order valence-electron chi connectivity index (χ2n) is 2.24. The fraction of sp³-hybridized carbons (Fsp3) is 0.125. The van der Waals surface area contributed by atoms with Crippen molar-refractivity contribution in [3.63, 3.8) is 0 Å². The lowest BCUT2D eigenvalue weighted by Crippen LogP contribution is -2.10. The van der Waals surface area contributed by atoms with Crippen LogP contribution < -0.4 is 11.5 Å². The molecule has 0 unspecified atom stereocenters. The average molecular weight is 149 g/mol. The number of primary amides is 1. The summed E-state index contributed by atoms with van der Waals surface area (Å²) in [6.07, 6.45) is 0. The molecule has 0 atom stereocenters. The van der Waals surface area contributed by atoms with E-state index in [0.717, 1.165) is 5.56 Å². The van der Waals surface area contributed by atoms with Crippen molar-refractivity contribution < 1.29 is 4.79 Å². The van der Waals surface area contributed by atoms with Crippen LogP contribution in [-0.2, 0) is 6.54 Å². The van der Waals surface area contributed by atoms with Crippen LogP contribution in [-0.4, -0.2) is 5.91 Å². The highest BCUT2D eigenvalue weighted by molar-refractivity contribution is 5.92. The van der Waals surface area contributed by atoms with E-state index >= 15 is 0 Å². The number of carbonyl (C=O) groups excluding carboxylic acids is 1. The van der Waals surface area contributed by atoms with E-state index in [-0.39, 0.29) is 6.54 Å². The van der Waals surface area contributed by atoms with Gasteiger partial charge in [0, 0.05) is 12.1 Å². The lowest BCUT2D eigenvalue weighted by Gasteiger charge is -1.96. The van der Waals surface area contributed by atoms with Crippen molar-refractivity contribution >= 4 is 5.91 Å². The van der Waals surface area contributed by atoms with Gasteiger partial charge in [-0.25, -0.2) is 0 Å². The molecule has 57 valence electrons. The molecule has 0 aliphatic heterocycles. The van der Waals surface area contributed by atoms with Gasteiger partial charge in [-0.2, -0.15) is 0 Å². The number of carbonyl (C=O) groups is 1. The summed E-state index contributed by atoms with van der Waals surface area (Å²) in [6, 6.07) is 6.72. The summed E-state index contributed by atoms with van der Waals surface area (Å²) in [4.78, 5) is 10.6. The first-order chi connectivity index (χ1) is 5.24. The Morgan fingerprint density at radius 2 is 1.91 bits per heavy atom. The van der Waals surface area contributed by atoms with E-state index in [1.54, 1.807) is 24.3 Å². The molecule has 1 aromatic rings. The topological polar surface area (TPSA) is 66.9 Å². The molecule has 11 heavy (non-hydrogen) atoms. The van der Waals surface area contributed by atoms with E-state index in [0.29, 0.717) is 5.56 Å². The van der Waals surface area contributed by atoms with Gasteiger partial charge in [0.25, 0.3) is 0 Å². The van der Waals surface area contributed by atoms with Gasteiger partial charge in [0.05, 0.1) is 0 Å². The van der Waals surface area contributed by atoms with Crippen LogP contribution in [0.1, 0.15) is 15.9 Å². The van der Waals surface area contributed by atoms with Crippen LogP contribution in [0.2, 0.25) is 0 Å². The molecule has 1 rings (SSSR count). The molecule has 0 bridgehead atoms. The third-order valence-corrected chi connectivity index (χ3v) is 1.44. The molecule has 3 N–H and O–H groups in total. The first-order valence-electron chi connectivity index (χ1n) is 3.27. The minimum absolute atomic E-state index is 0.235. The van der Waals surface area contributed by atoms with E-state index in [2.05, 4.69) is 0 Å². The largest absolute Gasteiger partial charge is 0.366 e. The Morgan fingerprint density at radius 1 is 1.36 bits per heavy atom. The van der Waals surface area contributed by atoms with Crippen molar-refractivity contribution in [1.82, 2.24) is 5.73 Å². The van der Waals surface area contributed by atoms with Gasteiger partial charge in [-0.15, -0.1) is 0 Å². The smallest absolute Gasteiger partial charge is 0.248 e. The van der Waals surface area contributed by atoms with Crippen molar-refractivity contribution in [2.75, 3.05) is 0 Å². The van der Waals surface area contributed by atoms with Gasteiger partial charge >= 0.3 is 0 Å². The Balaban J connectivity index is 2.91. The fourth-order valence-electron chi connectivity index (χ4n) is 0.787. The Hall–Kier alpha value is -1.35. The van der Waals surface area contributed by atoms with Crippen LogP contribution in [0.5, 0.6) is 0 Å². The van der Waals surface area contributed by atoms with E-state index < -0.39 is 5.91 Å². The SMILES string of the molecule is [NH]Cc1ccc(C(N)=O)cc1. The summed E-state index contributed by atoms with van der Waals surface area (Å²) in [7, 11) is 0. The highest BCUT2D eigenvalue weighted by atomic mass is 16.1. The maximum absolute atomic E-state index is 10.6. The van der Waals surface area contributed by atoms with Crippen LogP contribution in [0.4, 0.5) is 0 Å². The number of hydrogen-bond donors (Lipinski definition) is 1. The molecule has 0 fully saturated rings. The molecule has 0 saturated heterocycles. The number of rotatable bonds is 2. The lowest BCUT2D eigenvalue weighted by molar-refractivity contribution is 0.100. The third-order valence-electron chi connectivity index (χ3n) is 1.44. The van der Waals surface area contributed by atoms with Gasteiger partial charge in [0.15, 0.2) is 0 Å². The van der Waals surface area contributed by atoms with Gasteiger partial charge in [-0.3, -0.25) is 10.5 Å². The first kappa shape index (κ1) is 7.75. The Labute approximate surface area is 65.0 Å². The van der Waals surface area contributed by atoms with E-state index in [1.165, 1.54) is 0 Å². The predicted octanol–water partition coefficient (Wildman–Crippen LogP) is 0.568. The number of nitrogens with one attached hydrogen (secondary N) is 1. The van der Waals surface area contributed by atoms with Crippen molar-refractivity contribution in [1.29, 1.82) is 0 Å². The maximum Gasteiger partial charge on any atom is 0.248 e. The first-order valence-corrected chi connectivity index (χ1v) is 3.27. The zero-order chi connectivity index (χ0) is 8.27. The van der Waals surface area contributed by atoms with Crippen molar-refractivity contribution in [3.8, 4) is 0 Å². The molecule has 1 aromatic carbocycles. The quantitative estimate of drug-likeness (QED) is 0.656. The molecule has 1 radical (unpaired) electrons. The van der Waals surface area contributed by atoms with Crippen LogP contribution in [0.3, 0.4) is 0 Å². The molecule has 3 heteroatoms.